The van der Waals surface area contributed by atoms with Crippen LogP contribution in [0.3, 0.4) is 0 Å². The monoisotopic (exact) mass is 661 g/mol. The Labute approximate surface area is 282 Å². The van der Waals surface area contributed by atoms with E-state index in [1.165, 1.54) is 36.4 Å². The molecule has 2 amide bonds. The Morgan fingerprint density at radius 1 is 0.604 bits per heavy atom. The van der Waals surface area contributed by atoms with E-state index in [-0.39, 0.29) is 29.6 Å². The molecule has 0 radical (unpaired) electrons. The molecule has 0 aliphatic rings. The minimum absolute atomic E-state index is 0. The molecule has 48 heavy (non-hydrogen) atoms. The van der Waals surface area contributed by atoms with E-state index >= 15 is 0 Å². The van der Waals surface area contributed by atoms with Gasteiger partial charge in [-0.1, -0.05) is 113 Å². The van der Waals surface area contributed by atoms with Crippen LogP contribution in [-0.2, 0) is 0 Å². The second-order valence-corrected chi connectivity index (χ2v) is 12.4. The van der Waals surface area contributed by atoms with Crippen molar-refractivity contribution in [1.82, 2.24) is 0 Å². The SMILES string of the molecule is CC(=CC(C)C)c1ccccc1NC(=O)c1ccccc1C(F)F.CC(C)CC(C)c1ccccc1NC(=O)c1ccccc1C(F)F.[H+]. The topological polar surface area (TPSA) is 58.2 Å². The fourth-order valence-corrected chi connectivity index (χ4v) is 5.57. The maximum Gasteiger partial charge on any atom is 1.00 e. The molecule has 0 saturated carbocycles. The molecule has 0 bridgehead atoms. The molecule has 4 rings (SSSR count). The van der Waals surface area contributed by atoms with E-state index in [9.17, 15) is 27.2 Å². The molecule has 0 heterocycles. The second kappa shape index (κ2) is 18.0. The summed E-state index contributed by atoms with van der Waals surface area (Å²) in [5.74, 6) is 0.134. The highest BCUT2D eigenvalue weighted by molar-refractivity contribution is 6.07. The molecule has 0 aromatic heterocycles. The summed E-state index contributed by atoms with van der Waals surface area (Å²) in [5, 5.41) is 5.57. The summed E-state index contributed by atoms with van der Waals surface area (Å²) in [6, 6.07) is 26.5. The first-order chi connectivity index (χ1) is 22.8. The van der Waals surface area contributed by atoms with Crippen LogP contribution in [0.1, 0.15) is 111 Å². The number of halogens is 4. The first kappa shape index (κ1) is 37.7. The van der Waals surface area contributed by atoms with Crippen LogP contribution in [0.5, 0.6) is 0 Å². The molecule has 0 saturated heterocycles. The maximum absolute atomic E-state index is 13.1. The average molecular weight is 662 g/mol. The first-order valence-corrected chi connectivity index (χ1v) is 16.0. The Kier molecular flexibility index (Phi) is 14.1. The van der Waals surface area contributed by atoms with Gasteiger partial charge in [0, 0.05) is 39.2 Å². The zero-order chi connectivity index (χ0) is 35.4. The molecule has 0 spiro atoms. The highest BCUT2D eigenvalue weighted by atomic mass is 19.3. The quantitative estimate of drug-likeness (QED) is 0.157. The van der Waals surface area contributed by atoms with Gasteiger partial charge in [0.15, 0.2) is 0 Å². The fourth-order valence-electron chi connectivity index (χ4n) is 5.57. The number of anilines is 2. The third-order valence-corrected chi connectivity index (χ3v) is 7.63. The first-order valence-electron chi connectivity index (χ1n) is 16.0. The van der Waals surface area contributed by atoms with Crippen LogP contribution in [0, 0.1) is 11.8 Å². The van der Waals surface area contributed by atoms with Crippen molar-refractivity contribution in [1.29, 1.82) is 0 Å². The van der Waals surface area contributed by atoms with Gasteiger partial charge in [-0.05, 0) is 66.5 Å². The molecule has 8 heteroatoms. The van der Waals surface area contributed by atoms with Crippen LogP contribution >= 0.6 is 0 Å². The number of allylic oxidation sites excluding steroid dienone is 2. The number of amides is 2. The van der Waals surface area contributed by atoms with Crippen LogP contribution in [0.4, 0.5) is 28.9 Å². The second-order valence-electron chi connectivity index (χ2n) is 12.4. The van der Waals surface area contributed by atoms with Gasteiger partial charge in [-0.3, -0.25) is 9.59 Å². The largest absolute Gasteiger partial charge is 1.00 e. The molecule has 0 aliphatic carbocycles. The molecule has 1 atom stereocenters. The van der Waals surface area contributed by atoms with Crippen molar-refractivity contribution in [3.63, 3.8) is 0 Å². The predicted molar refractivity (Wildman–Crippen MR) is 189 cm³/mol. The molecule has 0 aliphatic heterocycles. The lowest BCUT2D eigenvalue weighted by molar-refractivity contribution is 0.100. The van der Waals surface area contributed by atoms with Crippen LogP contribution in [-0.4, -0.2) is 11.8 Å². The zero-order valence-corrected chi connectivity index (χ0v) is 28.2. The van der Waals surface area contributed by atoms with Gasteiger partial charge in [-0.2, -0.15) is 0 Å². The standard InChI is InChI=1S/C20H23F2NO.C20H21F2NO/c2*1-13(2)12-14(3)15-8-6-7-11-18(15)23-20(24)17-10-5-4-9-16(17)19(21)22/h4-11,13-14,19H,12H2,1-3H3,(H,23,24);4-13,19H,1-3H3,(H,23,24)/p+1. The summed E-state index contributed by atoms with van der Waals surface area (Å²) in [5.41, 5.74) is 3.73. The van der Waals surface area contributed by atoms with Gasteiger partial charge in [-0.15, -0.1) is 0 Å². The maximum atomic E-state index is 13.1. The van der Waals surface area contributed by atoms with E-state index in [1.54, 1.807) is 24.3 Å². The molecule has 4 nitrogen and oxygen atoms in total. The van der Waals surface area contributed by atoms with Crippen molar-refractivity contribution in [2.24, 2.45) is 11.8 Å². The predicted octanol–water partition coefficient (Wildman–Crippen LogP) is 12.1. The number of alkyl halides is 4. The Morgan fingerprint density at radius 2 is 1.00 bits per heavy atom. The molecule has 4 aromatic carbocycles. The lowest BCUT2D eigenvalue weighted by Gasteiger charge is -2.19. The van der Waals surface area contributed by atoms with Gasteiger partial charge in [0.25, 0.3) is 24.7 Å². The number of carbonyl (C=O) groups excluding carboxylic acids is 2. The number of benzene rings is 4. The minimum atomic E-state index is -2.69. The van der Waals surface area contributed by atoms with E-state index in [0.717, 1.165) is 23.1 Å². The number of para-hydroxylation sites is 2. The lowest BCUT2D eigenvalue weighted by atomic mass is 9.91. The van der Waals surface area contributed by atoms with E-state index in [0.29, 0.717) is 23.2 Å². The molecule has 1 unspecified atom stereocenters. The molecule has 4 aromatic rings. The van der Waals surface area contributed by atoms with Crippen molar-refractivity contribution in [2.75, 3.05) is 10.6 Å². The van der Waals surface area contributed by atoms with E-state index in [1.807, 2.05) is 43.3 Å². The number of rotatable bonds is 11. The van der Waals surface area contributed by atoms with Gasteiger partial charge in [-0.25, -0.2) is 17.6 Å². The van der Waals surface area contributed by atoms with Crippen LogP contribution < -0.4 is 10.6 Å². The van der Waals surface area contributed by atoms with Crippen molar-refractivity contribution >= 4 is 28.8 Å². The van der Waals surface area contributed by atoms with E-state index < -0.39 is 24.7 Å². The van der Waals surface area contributed by atoms with E-state index in [2.05, 4.69) is 51.3 Å². The number of hydrogen-bond donors (Lipinski definition) is 2. The van der Waals surface area contributed by atoms with Crippen LogP contribution in [0.15, 0.2) is 103 Å². The van der Waals surface area contributed by atoms with Crippen molar-refractivity contribution in [3.05, 3.63) is 137 Å². The highest BCUT2D eigenvalue weighted by Crippen LogP contribution is 2.31. The van der Waals surface area contributed by atoms with Gasteiger partial charge in [0.1, 0.15) is 0 Å². The Hall–Kier alpha value is -4.72. The van der Waals surface area contributed by atoms with Gasteiger partial charge in [0.2, 0.25) is 0 Å². The van der Waals surface area contributed by atoms with E-state index in [4.69, 9.17) is 0 Å². The van der Waals surface area contributed by atoms with Crippen LogP contribution in [0.2, 0.25) is 0 Å². The average Bonchev–Trinajstić information content (AvgIpc) is 3.04. The summed E-state index contributed by atoms with van der Waals surface area (Å²) >= 11 is 0. The minimum Gasteiger partial charge on any atom is -0.322 e. The Balaban J connectivity index is 0.000000333. The molecular weight excluding hydrogens is 616 g/mol. The summed E-state index contributed by atoms with van der Waals surface area (Å²) in [6.07, 6.45) is -2.29. The summed E-state index contributed by atoms with van der Waals surface area (Å²) in [4.78, 5) is 25.0. The summed E-state index contributed by atoms with van der Waals surface area (Å²) in [7, 11) is 0. The zero-order valence-electron chi connectivity index (χ0n) is 29.2. The van der Waals surface area contributed by atoms with Crippen molar-refractivity contribution in [3.8, 4) is 0 Å². The number of nitrogens with one attached hydrogen (secondary N) is 2. The third-order valence-electron chi connectivity index (χ3n) is 7.63. The number of hydrogen-bond acceptors (Lipinski definition) is 2. The fraction of sp³-hybridized carbons (Fsp3) is 0.300. The summed E-state index contributed by atoms with van der Waals surface area (Å²) < 4.78 is 52.4. The Morgan fingerprint density at radius 3 is 1.46 bits per heavy atom. The lowest BCUT2D eigenvalue weighted by Crippen LogP contribution is -2.16. The third kappa shape index (κ3) is 10.7. The molecule has 0 fully saturated rings. The summed E-state index contributed by atoms with van der Waals surface area (Å²) in [6.45, 7) is 12.5. The number of carbonyl (C=O) groups is 2. The van der Waals surface area contributed by atoms with Crippen molar-refractivity contribution in [2.45, 2.75) is 66.7 Å². The van der Waals surface area contributed by atoms with Gasteiger partial charge >= 0.3 is 1.43 Å². The molecular formula is C40H45F4N2O2+. The van der Waals surface area contributed by atoms with Gasteiger partial charge in [0.05, 0.1) is 0 Å². The molecule has 254 valence electrons. The van der Waals surface area contributed by atoms with Crippen molar-refractivity contribution < 1.29 is 28.6 Å². The normalized spacial score (nSPS) is 12.2. The van der Waals surface area contributed by atoms with Crippen LogP contribution in [0.25, 0.3) is 5.57 Å². The highest BCUT2D eigenvalue weighted by Gasteiger charge is 2.20. The smallest absolute Gasteiger partial charge is 0.322 e. The molecule has 2 N–H and O–H groups in total. The van der Waals surface area contributed by atoms with Gasteiger partial charge < -0.3 is 10.6 Å². The Bertz CT molecular complexity index is 1710.